The van der Waals surface area contributed by atoms with E-state index in [1.807, 2.05) is 11.8 Å². The van der Waals surface area contributed by atoms with Gasteiger partial charge in [0.1, 0.15) is 0 Å². The van der Waals surface area contributed by atoms with Crippen molar-refractivity contribution in [3.05, 3.63) is 0 Å². The number of rotatable bonds is 3. The Hall–Kier alpha value is -0.170. The van der Waals surface area contributed by atoms with E-state index in [9.17, 15) is 0 Å². The molecule has 2 saturated heterocycles. The minimum atomic E-state index is 0.126. The summed E-state index contributed by atoms with van der Waals surface area (Å²) < 4.78 is 5.60. The molecule has 0 aliphatic carbocycles. The maximum atomic E-state index is 5.60. The Morgan fingerprint density at radius 2 is 2.43 bits per heavy atom. The zero-order valence-corrected chi connectivity index (χ0v) is 9.19. The topological polar surface area (TPSA) is 21.3 Å². The highest BCUT2D eigenvalue weighted by Crippen LogP contribution is 2.20. The van der Waals surface area contributed by atoms with E-state index < -0.39 is 0 Å². The lowest BCUT2D eigenvalue weighted by Crippen LogP contribution is -2.44. The van der Waals surface area contributed by atoms with Crippen molar-refractivity contribution in [2.45, 2.75) is 37.5 Å². The zero-order chi connectivity index (χ0) is 9.80. The Kier molecular flexibility index (Phi) is 3.74. The molecule has 3 atom stereocenters. The molecule has 2 rings (SSSR count). The fraction of sp³-hybridized carbons (Fsp3) is 0.818. The van der Waals surface area contributed by atoms with Crippen LogP contribution in [0, 0.1) is 12.3 Å². The highest BCUT2D eigenvalue weighted by molar-refractivity contribution is 7.99. The Balaban J connectivity index is 1.83. The molecule has 2 nitrogen and oxygen atoms in total. The predicted octanol–water partition coefficient (Wildman–Crippen LogP) is 1.26. The van der Waals surface area contributed by atoms with E-state index in [1.54, 1.807) is 0 Å². The van der Waals surface area contributed by atoms with Crippen molar-refractivity contribution in [3.8, 4) is 12.3 Å². The van der Waals surface area contributed by atoms with E-state index in [1.165, 1.54) is 17.9 Å². The summed E-state index contributed by atoms with van der Waals surface area (Å²) in [5.41, 5.74) is 0. The van der Waals surface area contributed by atoms with Crippen molar-refractivity contribution in [1.29, 1.82) is 0 Å². The highest BCUT2D eigenvalue weighted by atomic mass is 32.2. The molecule has 0 spiro atoms. The second-order valence-electron chi connectivity index (χ2n) is 3.92. The number of ether oxygens (including phenoxy) is 1. The van der Waals surface area contributed by atoms with Gasteiger partial charge >= 0.3 is 0 Å². The minimum Gasteiger partial charge on any atom is -0.376 e. The average molecular weight is 211 g/mol. The third kappa shape index (κ3) is 2.44. The molecule has 1 N–H and O–H groups in total. The summed E-state index contributed by atoms with van der Waals surface area (Å²) in [6.07, 6.45) is 9.30. The van der Waals surface area contributed by atoms with Crippen molar-refractivity contribution >= 4 is 11.8 Å². The molecule has 14 heavy (non-hydrogen) atoms. The summed E-state index contributed by atoms with van der Waals surface area (Å²) in [6.45, 7) is 0.879. The van der Waals surface area contributed by atoms with Crippen molar-refractivity contribution in [2.24, 2.45) is 0 Å². The van der Waals surface area contributed by atoms with Crippen LogP contribution in [-0.2, 0) is 4.74 Å². The van der Waals surface area contributed by atoms with Crippen molar-refractivity contribution in [2.75, 3.05) is 18.1 Å². The van der Waals surface area contributed by atoms with Crippen LogP contribution in [0.1, 0.15) is 19.3 Å². The smallest absolute Gasteiger partial charge is 0.0955 e. The maximum absolute atomic E-state index is 5.60. The number of nitrogens with one attached hydrogen (secondary N) is 1. The molecule has 2 aliphatic heterocycles. The molecule has 0 bridgehead atoms. The van der Waals surface area contributed by atoms with Crippen LogP contribution in [-0.4, -0.2) is 36.3 Å². The van der Waals surface area contributed by atoms with Gasteiger partial charge in [-0.05, 0) is 25.0 Å². The fourth-order valence-corrected chi connectivity index (χ4v) is 3.21. The van der Waals surface area contributed by atoms with Gasteiger partial charge in [0, 0.05) is 18.4 Å². The summed E-state index contributed by atoms with van der Waals surface area (Å²) in [4.78, 5) is 0. The van der Waals surface area contributed by atoms with Crippen LogP contribution in [0.15, 0.2) is 0 Å². The summed E-state index contributed by atoms with van der Waals surface area (Å²) in [6, 6.07) is 0.728. The fourth-order valence-electron chi connectivity index (χ4n) is 2.05. The quantitative estimate of drug-likeness (QED) is 0.710. The van der Waals surface area contributed by atoms with Crippen LogP contribution in [0.4, 0.5) is 0 Å². The molecule has 0 radical (unpaired) electrons. The summed E-state index contributed by atoms with van der Waals surface area (Å²) in [5.74, 6) is 5.29. The van der Waals surface area contributed by atoms with Gasteiger partial charge in [0.15, 0.2) is 0 Å². The first-order chi connectivity index (χ1) is 6.90. The lowest BCUT2D eigenvalue weighted by molar-refractivity contribution is 0.0912. The second kappa shape index (κ2) is 5.06. The van der Waals surface area contributed by atoms with Crippen molar-refractivity contribution in [1.82, 2.24) is 5.32 Å². The summed E-state index contributed by atoms with van der Waals surface area (Å²) >= 11 is 2.01. The predicted molar refractivity (Wildman–Crippen MR) is 60.5 cm³/mol. The van der Waals surface area contributed by atoms with E-state index in [0.29, 0.717) is 6.04 Å². The maximum Gasteiger partial charge on any atom is 0.0955 e. The Morgan fingerprint density at radius 1 is 1.50 bits per heavy atom. The first-order valence-electron chi connectivity index (χ1n) is 5.31. The van der Waals surface area contributed by atoms with Gasteiger partial charge in [-0.3, -0.25) is 5.32 Å². The summed E-state index contributed by atoms with van der Waals surface area (Å²) in [5, 5.41) is 3.53. The van der Waals surface area contributed by atoms with E-state index in [0.717, 1.165) is 19.4 Å². The molecule has 0 unspecified atom stereocenters. The SMILES string of the molecule is C#C[C@H](N[C@@H]1CCSC1)[C@H]1CCCO1. The van der Waals surface area contributed by atoms with Crippen LogP contribution in [0.2, 0.25) is 0 Å². The summed E-state index contributed by atoms with van der Waals surface area (Å²) in [7, 11) is 0. The van der Waals surface area contributed by atoms with Crippen LogP contribution >= 0.6 is 11.8 Å². The molecule has 0 aromatic heterocycles. The van der Waals surface area contributed by atoms with Gasteiger partial charge in [-0.25, -0.2) is 0 Å². The van der Waals surface area contributed by atoms with Crippen molar-refractivity contribution < 1.29 is 4.74 Å². The normalized spacial score (nSPS) is 34.2. The molecule has 0 saturated carbocycles. The zero-order valence-electron chi connectivity index (χ0n) is 8.37. The second-order valence-corrected chi connectivity index (χ2v) is 5.07. The molecular weight excluding hydrogens is 194 g/mol. The average Bonchev–Trinajstić information content (AvgIpc) is 2.86. The van der Waals surface area contributed by atoms with E-state index in [4.69, 9.17) is 11.2 Å². The van der Waals surface area contributed by atoms with Crippen molar-refractivity contribution in [3.63, 3.8) is 0 Å². The molecule has 0 aromatic carbocycles. The van der Waals surface area contributed by atoms with Gasteiger partial charge in [-0.2, -0.15) is 11.8 Å². The number of terminal acetylenes is 1. The van der Waals surface area contributed by atoms with Gasteiger partial charge in [0.2, 0.25) is 0 Å². The highest BCUT2D eigenvalue weighted by Gasteiger charge is 2.27. The third-order valence-corrected chi connectivity index (χ3v) is 4.02. The van der Waals surface area contributed by atoms with Crippen LogP contribution in [0.5, 0.6) is 0 Å². The lowest BCUT2D eigenvalue weighted by atomic mass is 10.1. The minimum absolute atomic E-state index is 0.126. The molecule has 0 aromatic rings. The Bertz CT molecular complexity index is 214. The van der Waals surface area contributed by atoms with Crippen LogP contribution < -0.4 is 5.32 Å². The molecule has 2 heterocycles. The van der Waals surface area contributed by atoms with Gasteiger partial charge < -0.3 is 4.74 Å². The number of thioether (sulfide) groups is 1. The molecule has 0 amide bonds. The lowest BCUT2D eigenvalue weighted by Gasteiger charge is -2.22. The van der Waals surface area contributed by atoms with Gasteiger partial charge in [0.05, 0.1) is 12.1 Å². The standard InChI is InChI=1S/C11H17NOS/c1-2-10(11-4-3-6-13-11)12-9-5-7-14-8-9/h1,9-12H,3-8H2/t9-,10+,11-/m1/s1. The first-order valence-corrected chi connectivity index (χ1v) is 6.47. The Morgan fingerprint density at radius 3 is 3.00 bits per heavy atom. The molecule has 3 heteroatoms. The van der Waals surface area contributed by atoms with Crippen LogP contribution in [0.3, 0.4) is 0 Å². The van der Waals surface area contributed by atoms with E-state index in [2.05, 4.69) is 11.2 Å². The molecule has 2 fully saturated rings. The number of hydrogen-bond acceptors (Lipinski definition) is 3. The molecule has 78 valence electrons. The number of hydrogen-bond donors (Lipinski definition) is 1. The first kappa shape index (κ1) is 10.4. The van der Waals surface area contributed by atoms with Gasteiger partial charge in [-0.15, -0.1) is 6.42 Å². The van der Waals surface area contributed by atoms with Gasteiger partial charge in [0.25, 0.3) is 0 Å². The largest absolute Gasteiger partial charge is 0.376 e. The Labute approximate surface area is 90.2 Å². The van der Waals surface area contributed by atoms with E-state index in [-0.39, 0.29) is 12.1 Å². The van der Waals surface area contributed by atoms with Gasteiger partial charge in [-0.1, -0.05) is 5.92 Å². The van der Waals surface area contributed by atoms with E-state index >= 15 is 0 Å². The third-order valence-electron chi connectivity index (χ3n) is 2.86. The molecular formula is C11H17NOS. The molecule has 2 aliphatic rings. The monoisotopic (exact) mass is 211 g/mol. The van der Waals surface area contributed by atoms with Crippen LogP contribution in [0.25, 0.3) is 0 Å².